The fourth-order valence-electron chi connectivity index (χ4n) is 1.43. The van der Waals surface area contributed by atoms with Gasteiger partial charge in [-0.2, -0.15) is 13.2 Å². The van der Waals surface area contributed by atoms with Gasteiger partial charge in [-0.25, -0.2) is 0 Å². The van der Waals surface area contributed by atoms with Crippen LogP contribution in [0.1, 0.15) is 0 Å². The Balaban J connectivity index is 2.20. The minimum absolute atomic E-state index is 0.123. The zero-order chi connectivity index (χ0) is 12.2. The van der Waals surface area contributed by atoms with Crippen LogP contribution in [0.4, 0.5) is 13.2 Å². The molecule has 0 bridgehead atoms. The molecular weight excluding hydrogens is 223 g/mol. The van der Waals surface area contributed by atoms with Crippen molar-refractivity contribution in [2.24, 2.45) is 0 Å². The number of halogens is 3. The Morgan fingerprint density at radius 2 is 1.81 bits per heavy atom. The number of piperazine rings is 1. The van der Waals surface area contributed by atoms with Crippen LogP contribution in [0, 0.1) is 5.41 Å². The normalized spacial score (nSPS) is 18.9. The quantitative estimate of drug-likeness (QED) is 0.584. The molecule has 0 atom stereocenters. The van der Waals surface area contributed by atoms with Crippen LogP contribution in [0.2, 0.25) is 0 Å². The molecule has 4 nitrogen and oxygen atoms in total. The zero-order valence-electron chi connectivity index (χ0n) is 9.18. The summed E-state index contributed by atoms with van der Waals surface area (Å²) in [5.41, 5.74) is 0. The number of nitrogens with zero attached hydrogens (tertiary/aromatic N) is 2. The molecule has 94 valence electrons. The lowest BCUT2D eigenvalue weighted by Crippen LogP contribution is -2.48. The van der Waals surface area contributed by atoms with Crippen LogP contribution in [-0.4, -0.2) is 68.3 Å². The van der Waals surface area contributed by atoms with Gasteiger partial charge in [0.2, 0.25) is 0 Å². The van der Waals surface area contributed by atoms with Crippen LogP contribution >= 0.6 is 0 Å². The minimum Gasteiger partial charge on any atom is -0.364 e. The van der Waals surface area contributed by atoms with Crippen LogP contribution in [0.5, 0.6) is 0 Å². The van der Waals surface area contributed by atoms with Gasteiger partial charge in [0.25, 0.3) is 0 Å². The zero-order valence-corrected chi connectivity index (χ0v) is 9.18. The molecule has 7 heteroatoms. The van der Waals surface area contributed by atoms with Crippen LogP contribution in [0.25, 0.3) is 0 Å². The van der Waals surface area contributed by atoms with Crippen molar-refractivity contribution in [3.05, 3.63) is 0 Å². The lowest BCUT2D eigenvalue weighted by molar-refractivity contribution is -0.170. The van der Waals surface area contributed by atoms with E-state index in [0.717, 1.165) is 13.1 Å². The van der Waals surface area contributed by atoms with Crippen molar-refractivity contribution >= 4 is 5.84 Å². The standard InChI is InChI=1S/C9H16F3N3O/c1-14-2-4-15(5-3-14)8(13)6-16-7-9(10,11)12/h13H,2-7H2,1H3. The minimum atomic E-state index is -4.32. The maximum Gasteiger partial charge on any atom is 0.411 e. The third kappa shape index (κ3) is 4.80. The summed E-state index contributed by atoms with van der Waals surface area (Å²) in [5, 5.41) is 7.57. The van der Waals surface area contributed by atoms with E-state index in [1.165, 1.54) is 0 Å². The SMILES string of the molecule is CN1CCN(C(=N)COCC(F)(F)F)CC1. The molecule has 0 spiro atoms. The summed E-state index contributed by atoms with van der Waals surface area (Å²) in [6.07, 6.45) is -4.32. The maximum absolute atomic E-state index is 11.8. The predicted octanol–water partition coefficient (Wildman–Crippen LogP) is 0.790. The smallest absolute Gasteiger partial charge is 0.364 e. The van der Waals surface area contributed by atoms with E-state index in [0.29, 0.717) is 13.1 Å². The molecule has 1 N–H and O–H groups in total. The molecular formula is C9H16F3N3O. The summed E-state index contributed by atoms with van der Waals surface area (Å²) in [5.74, 6) is 0.123. The Hall–Kier alpha value is -0.820. The first-order valence-corrected chi connectivity index (χ1v) is 5.04. The Bertz CT molecular complexity index is 237. The van der Waals surface area contributed by atoms with Crippen molar-refractivity contribution in [3.63, 3.8) is 0 Å². The van der Waals surface area contributed by atoms with E-state index in [-0.39, 0.29) is 12.4 Å². The molecule has 1 fully saturated rings. The number of hydrogen-bond acceptors (Lipinski definition) is 3. The van der Waals surface area contributed by atoms with E-state index in [1.54, 1.807) is 4.90 Å². The molecule has 0 unspecified atom stereocenters. The van der Waals surface area contributed by atoms with Gasteiger partial charge in [-0.3, -0.25) is 5.41 Å². The Kier molecular flexibility index (Phi) is 4.55. The van der Waals surface area contributed by atoms with Crippen molar-refractivity contribution in [2.45, 2.75) is 6.18 Å². The number of likely N-dealkylation sites (N-methyl/N-ethyl adjacent to an activating group) is 1. The van der Waals surface area contributed by atoms with Gasteiger partial charge in [-0.1, -0.05) is 0 Å². The number of hydrogen-bond donors (Lipinski definition) is 1. The van der Waals surface area contributed by atoms with Crippen LogP contribution in [0.3, 0.4) is 0 Å². The highest BCUT2D eigenvalue weighted by Crippen LogP contribution is 2.14. The van der Waals surface area contributed by atoms with Gasteiger partial charge in [0, 0.05) is 26.2 Å². The number of alkyl halides is 3. The summed E-state index contributed by atoms with van der Waals surface area (Å²) >= 11 is 0. The highest BCUT2D eigenvalue weighted by molar-refractivity contribution is 5.80. The second kappa shape index (κ2) is 5.49. The number of rotatable bonds is 3. The van der Waals surface area contributed by atoms with Gasteiger partial charge < -0.3 is 14.5 Å². The van der Waals surface area contributed by atoms with E-state index < -0.39 is 12.8 Å². The Labute approximate surface area is 92.5 Å². The highest BCUT2D eigenvalue weighted by Gasteiger charge is 2.28. The summed E-state index contributed by atoms with van der Waals surface area (Å²) in [7, 11) is 1.97. The van der Waals surface area contributed by atoms with Crippen molar-refractivity contribution in [1.82, 2.24) is 9.80 Å². The molecule has 0 aliphatic carbocycles. The lowest BCUT2D eigenvalue weighted by atomic mass is 10.3. The van der Waals surface area contributed by atoms with Crippen LogP contribution in [-0.2, 0) is 4.74 Å². The second-order valence-corrected chi connectivity index (χ2v) is 3.84. The van der Waals surface area contributed by atoms with E-state index >= 15 is 0 Å². The molecule has 1 aliphatic rings. The van der Waals surface area contributed by atoms with Gasteiger partial charge >= 0.3 is 6.18 Å². The number of ether oxygens (including phenoxy) is 1. The van der Waals surface area contributed by atoms with Crippen LogP contribution < -0.4 is 0 Å². The maximum atomic E-state index is 11.8. The fraction of sp³-hybridized carbons (Fsp3) is 0.889. The van der Waals surface area contributed by atoms with Gasteiger partial charge in [-0.15, -0.1) is 0 Å². The average molecular weight is 239 g/mol. The van der Waals surface area contributed by atoms with E-state index in [1.807, 2.05) is 7.05 Å². The molecule has 1 rings (SSSR count). The topological polar surface area (TPSA) is 39.6 Å². The van der Waals surface area contributed by atoms with Gasteiger partial charge in [0.1, 0.15) is 19.0 Å². The van der Waals surface area contributed by atoms with E-state index in [4.69, 9.17) is 5.41 Å². The number of amidine groups is 1. The molecule has 16 heavy (non-hydrogen) atoms. The Morgan fingerprint density at radius 1 is 1.25 bits per heavy atom. The van der Waals surface area contributed by atoms with Crippen molar-refractivity contribution in [1.29, 1.82) is 5.41 Å². The largest absolute Gasteiger partial charge is 0.411 e. The summed E-state index contributed by atoms with van der Waals surface area (Å²) in [4.78, 5) is 3.86. The fourth-order valence-corrected chi connectivity index (χ4v) is 1.43. The van der Waals surface area contributed by atoms with Gasteiger partial charge in [-0.05, 0) is 7.05 Å². The molecule has 0 aromatic heterocycles. The third-order valence-corrected chi connectivity index (χ3v) is 2.39. The van der Waals surface area contributed by atoms with Crippen molar-refractivity contribution < 1.29 is 17.9 Å². The van der Waals surface area contributed by atoms with Crippen LogP contribution in [0.15, 0.2) is 0 Å². The molecule has 0 saturated carbocycles. The molecule has 0 radical (unpaired) electrons. The molecule has 0 aromatic carbocycles. The molecule has 1 aliphatic heterocycles. The first-order chi connectivity index (χ1) is 7.38. The third-order valence-electron chi connectivity index (χ3n) is 2.39. The molecule has 1 saturated heterocycles. The van der Waals surface area contributed by atoms with Gasteiger partial charge in [0.15, 0.2) is 0 Å². The molecule has 0 aromatic rings. The number of nitrogens with one attached hydrogen (secondary N) is 1. The predicted molar refractivity (Wildman–Crippen MR) is 53.7 cm³/mol. The molecule has 0 amide bonds. The van der Waals surface area contributed by atoms with E-state index in [9.17, 15) is 13.2 Å². The first kappa shape index (κ1) is 13.2. The summed E-state index contributed by atoms with van der Waals surface area (Å²) in [6, 6.07) is 0. The Morgan fingerprint density at radius 3 is 2.31 bits per heavy atom. The molecule has 1 heterocycles. The second-order valence-electron chi connectivity index (χ2n) is 3.84. The van der Waals surface area contributed by atoms with Crippen molar-refractivity contribution in [2.75, 3.05) is 46.4 Å². The van der Waals surface area contributed by atoms with E-state index in [2.05, 4.69) is 9.64 Å². The highest BCUT2D eigenvalue weighted by atomic mass is 19.4. The summed E-state index contributed by atoms with van der Waals surface area (Å²) < 4.78 is 39.8. The van der Waals surface area contributed by atoms with Gasteiger partial charge in [0.05, 0.1) is 0 Å². The monoisotopic (exact) mass is 239 g/mol. The average Bonchev–Trinajstić information content (AvgIpc) is 2.16. The lowest BCUT2D eigenvalue weighted by Gasteiger charge is -2.33. The first-order valence-electron chi connectivity index (χ1n) is 5.04. The summed E-state index contributed by atoms with van der Waals surface area (Å²) in [6.45, 7) is 1.42. The van der Waals surface area contributed by atoms with Crippen molar-refractivity contribution in [3.8, 4) is 0 Å².